The Hall–Kier alpha value is -3.10. The molecule has 9 heteroatoms. The lowest BCUT2D eigenvalue weighted by atomic mass is 10.1. The van der Waals surface area contributed by atoms with Gasteiger partial charge in [-0.15, -0.1) is 4.51 Å². The molecule has 7 nitrogen and oxygen atoms in total. The third-order valence-corrected chi connectivity index (χ3v) is 6.45. The lowest BCUT2D eigenvalue weighted by Crippen LogP contribution is -2.36. The lowest BCUT2D eigenvalue weighted by molar-refractivity contribution is 0.284. The normalized spacial score (nSPS) is 16.5. The minimum atomic E-state index is -0.111. The van der Waals surface area contributed by atoms with Gasteiger partial charge in [0.15, 0.2) is 0 Å². The maximum absolute atomic E-state index is 5.96. The number of likely N-dealkylation sites (tertiary alicyclic amines) is 1. The van der Waals surface area contributed by atoms with Gasteiger partial charge in [-0.3, -0.25) is 0 Å². The van der Waals surface area contributed by atoms with Gasteiger partial charge in [-0.25, -0.2) is 0 Å². The Bertz CT molecular complexity index is 1310. The summed E-state index contributed by atoms with van der Waals surface area (Å²) in [6, 6.07) is 20.1. The number of nitrogens with two attached hydrogens (primary N) is 1. The molecule has 0 radical (unpaired) electrons. The molecule has 1 aliphatic rings. The highest BCUT2D eigenvalue weighted by molar-refractivity contribution is 9.10. The van der Waals surface area contributed by atoms with E-state index in [0.29, 0.717) is 18.3 Å². The molecule has 0 bridgehead atoms. The second kappa shape index (κ2) is 9.41. The van der Waals surface area contributed by atoms with E-state index in [9.17, 15) is 0 Å². The minimum Gasteiger partial charge on any atom is -0.489 e. The van der Waals surface area contributed by atoms with Gasteiger partial charge >= 0.3 is 0 Å². The van der Waals surface area contributed by atoms with Crippen molar-refractivity contribution in [2.75, 3.05) is 6.54 Å². The van der Waals surface area contributed by atoms with Gasteiger partial charge in [-0.2, -0.15) is 4.98 Å². The smallest absolute Gasteiger partial charge is 0.249 e. The summed E-state index contributed by atoms with van der Waals surface area (Å²) in [4.78, 5) is 6.51. The van der Waals surface area contributed by atoms with Gasteiger partial charge in [0.2, 0.25) is 17.7 Å². The van der Waals surface area contributed by atoms with Gasteiger partial charge in [-0.05, 0) is 59.5 Å². The van der Waals surface area contributed by atoms with Crippen LogP contribution in [0.5, 0.6) is 5.75 Å². The van der Waals surface area contributed by atoms with Crippen LogP contribution in [-0.4, -0.2) is 27.5 Å². The molecule has 168 valence electrons. The van der Waals surface area contributed by atoms with Gasteiger partial charge in [0.1, 0.15) is 18.4 Å². The van der Waals surface area contributed by atoms with Crippen LogP contribution in [0.3, 0.4) is 0 Å². The first-order valence-electron chi connectivity index (χ1n) is 10.6. The summed E-state index contributed by atoms with van der Waals surface area (Å²) in [6.07, 6.45) is 1.81. The second-order valence-corrected chi connectivity index (χ2v) is 8.97. The van der Waals surface area contributed by atoms with Crippen molar-refractivity contribution in [3.05, 3.63) is 76.6 Å². The molecule has 3 aromatic carbocycles. The van der Waals surface area contributed by atoms with E-state index in [2.05, 4.69) is 30.6 Å². The maximum Gasteiger partial charge on any atom is 0.249 e. The summed E-state index contributed by atoms with van der Waals surface area (Å²) in [5.74, 6) is 2.14. The summed E-state index contributed by atoms with van der Waals surface area (Å²) < 4.78 is 16.2. The van der Waals surface area contributed by atoms with Gasteiger partial charge < -0.3 is 19.9 Å². The molecule has 0 amide bonds. The SMILES string of the molecule is NC(=NCl)N1CCC[C@H]1c1nc(-c2ccc3cc(OCc4ccc(Br)cc4)ccc3c2)no1. The van der Waals surface area contributed by atoms with Crippen molar-refractivity contribution in [1.29, 1.82) is 0 Å². The number of ether oxygens (including phenoxy) is 1. The molecule has 0 spiro atoms. The van der Waals surface area contributed by atoms with Gasteiger partial charge in [-0.1, -0.05) is 51.4 Å². The van der Waals surface area contributed by atoms with Crippen LogP contribution in [0.1, 0.15) is 30.3 Å². The first-order chi connectivity index (χ1) is 16.1. The molecular formula is C24H21BrClN5O2. The van der Waals surface area contributed by atoms with Crippen molar-refractivity contribution in [2.24, 2.45) is 10.2 Å². The number of fused-ring (bicyclic) bond motifs is 1. The van der Waals surface area contributed by atoms with E-state index in [1.54, 1.807) is 0 Å². The molecule has 1 aromatic heterocycles. The van der Waals surface area contributed by atoms with E-state index in [-0.39, 0.29) is 12.0 Å². The number of hydrogen-bond acceptors (Lipinski definition) is 5. The van der Waals surface area contributed by atoms with Crippen LogP contribution in [0.4, 0.5) is 0 Å². The zero-order chi connectivity index (χ0) is 22.8. The number of aromatic nitrogens is 2. The van der Waals surface area contributed by atoms with Crippen LogP contribution in [-0.2, 0) is 6.61 Å². The van der Waals surface area contributed by atoms with Crippen LogP contribution >= 0.6 is 27.7 Å². The average molecular weight is 527 g/mol. The van der Waals surface area contributed by atoms with E-state index in [1.165, 1.54) is 0 Å². The lowest BCUT2D eigenvalue weighted by Gasteiger charge is -2.21. The Morgan fingerprint density at radius 1 is 1.15 bits per heavy atom. The fraction of sp³-hybridized carbons (Fsp3) is 0.208. The highest BCUT2D eigenvalue weighted by Crippen LogP contribution is 2.32. The molecule has 33 heavy (non-hydrogen) atoms. The van der Waals surface area contributed by atoms with Crippen LogP contribution in [0.15, 0.2) is 74.2 Å². The predicted molar refractivity (Wildman–Crippen MR) is 132 cm³/mol. The van der Waals surface area contributed by atoms with Crippen molar-refractivity contribution < 1.29 is 9.26 Å². The largest absolute Gasteiger partial charge is 0.489 e. The summed E-state index contributed by atoms with van der Waals surface area (Å²) in [5, 5.41) is 6.33. The Kier molecular flexibility index (Phi) is 6.20. The summed E-state index contributed by atoms with van der Waals surface area (Å²) in [7, 11) is 0. The highest BCUT2D eigenvalue weighted by Gasteiger charge is 2.32. The van der Waals surface area contributed by atoms with Crippen molar-refractivity contribution >= 4 is 44.4 Å². The van der Waals surface area contributed by atoms with Crippen molar-refractivity contribution in [3.8, 4) is 17.1 Å². The van der Waals surface area contributed by atoms with E-state index in [1.807, 2.05) is 65.6 Å². The molecule has 1 aliphatic heterocycles. The standard InChI is InChI=1S/C24H21BrClN5O2/c25-19-8-3-15(4-9-19)14-32-20-10-7-16-12-18(6-5-17(16)13-20)22-28-23(33-30-22)21-2-1-11-31(21)24(27)29-26/h3-10,12-13,21H,1-2,11,14H2,(H2,27,29)/t21-/m0/s1. The number of hydrogen-bond donors (Lipinski definition) is 1. The molecule has 0 aliphatic carbocycles. The fourth-order valence-corrected chi connectivity index (χ4v) is 4.40. The first kappa shape index (κ1) is 21.7. The van der Waals surface area contributed by atoms with Crippen molar-refractivity contribution in [2.45, 2.75) is 25.5 Å². The van der Waals surface area contributed by atoms with Crippen LogP contribution in [0.25, 0.3) is 22.2 Å². The fourth-order valence-electron chi connectivity index (χ4n) is 4.03. The van der Waals surface area contributed by atoms with Gasteiger partial charge in [0.05, 0.1) is 0 Å². The second-order valence-electron chi connectivity index (χ2n) is 7.89. The van der Waals surface area contributed by atoms with Gasteiger partial charge in [0, 0.05) is 28.4 Å². The molecule has 2 heterocycles. The van der Waals surface area contributed by atoms with Gasteiger partial charge in [0.25, 0.3) is 0 Å². The molecule has 2 N–H and O–H groups in total. The predicted octanol–water partition coefficient (Wildman–Crippen LogP) is 5.84. The number of nitrogens with zero attached hydrogens (tertiary/aromatic N) is 4. The number of guanidine groups is 1. The molecular weight excluding hydrogens is 506 g/mol. The third kappa shape index (κ3) is 4.67. The Balaban J connectivity index is 1.33. The van der Waals surface area contributed by atoms with E-state index < -0.39 is 0 Å². The minimum absolute atomic E-state index is 0.111. The molecule has 0 unspecified atom stereocenters. The number of rotatable bonds is 5. The summed E-state index contributed by atoms with van der Waals surface area (Å²) in [6.45, 7) is 1.27. The van der Waals surface area contributed by atoms with Crippen LogP contribution in [0.2, 0.25) is 0 Å². The summed E-state index contributed by atoms with van der Waals surface area (Å²) >= 11 is 9.00. The molecule has 0 saturated carbocycles. The Morgan fingerprint density at radius 2 is 1.94 bits per heavy atom. The zero-order valence-electron chi connectivity index (χ0n) is 17.6. The van der Waals surface area contributed by atoms with E-state index in [4.69, 9.17) is 26.8 Å². The topological polar surface area (TPSA) is 89.8 Å². The zero-order valence-corrected chi connectivity index (χ0v) is 20.0. The quantitative estimate of drug-likeness (QED) is 0.260. The Morgan fingerprint density at radius 3 is 2.76 bits per heavy atom. The Labute approximate surface area is 204 Å². The first-order valence-corrected chi connectivity index (χ1v) is 11.7. The molecule has 1 atom stereocenters. The molecule has 5 rings (SSSR count). The number of halogens is 2. The van der Waals surface area contributed by atoms with Crippen LogP contribution < -0.4 is 10.5 Å². The van der Waals surface area contributed by atoms with Crippen LogP contribution in [0, 0.1) is 0 Å². The van der Waals surface area contributed by atoms with E-state index >= 15 is 0 Å². The summed E-state index contributed by atoms with van der Waals surface area (Å²) in [5.41, 5.74) is 7.89. The number of benzene rings is 3. The molecule has 4 aromatic rings. The average Bonchev–Trinajstić information content (AvgIpc) is 3.52. The molecule has 1 fully saturated rings. The van der Waals surface area contributed by atoms with E-state index in [0.717, 1.165) is 51.5 Å². The molecule has 1 saturated heterocycles. The van der Waals surface area contributed by atoms with Crippen molar-refractivity contribution in [1.82, 2.24) is 15.0 Å². The highest BCUT2D eigenvalue weighted by atomic mass is 79.9. The van der Waals surface area contributed by atoms with Crippen molar-refractivity contribution in [3.63, 3.8) is 0 Å². The maximum atomic E-state index is 5.96. The third-order valence-electron chi connectivity index (χ3n) is 5.75. The monoisotopic (exact) mass is 525 g/mol.